The lowest BCUT2D eigenvalue weighted by molar-refractivity contribution is -0.132. The second-order valence-electron chi connectivity index (χ2n) is 6.10. The van der Waals surface area contributed by atoms with Gasteiger partial charge in [0, 0.05) is 18.8 Å². The Morgan fingerprint density at radius 1 is 0.964 bits per heavy atom. The zero-order valence-corrected chi connectivity index (χ0v) is 15.4. The fourth-order valence-electron chi connectivity index (χ4n) is 2.87. The van der Waals surface area contributed by atoms with Crippen molar-refractivity contribution in [3.8, 4) is 0 Å². The van der Waals surface area contributed by atoms with E-state index >= 15 is 0 Å². The maximum atomic E-state index is 12.4. The molecule has 0 bridgehead atoms. The molecular weight excluding hydrogens is 362 g/mol. The third-order valence-corrected chi connectivity index (χ3v) is 4.25. The number of nitrogens with zero attached hydrogens (tertiary/aromatic N) is 1. The molecule has 8 nitrogen and oxygen atoms in total. The molecule has 3 rings (SSSR count). The van der Waals surface area contributed by atoms with E-state index in [0.717, 1.165) is 5.69 Å². The van der Waals surface area contributed by atoms with E-state index in [4.69, 9.17) is 4.74 Å². The first-order valence-corrected chi connectivity index (χ1v) is 8.81. The maximum absolute atomic E-state index is 12.4. The minimum absolute atomic E-state index is 0.276. The molecule has 8 heteroatoms. The van der Waals surface area contributed by atoms with Crippen LogP contribution in [-0.2, 0) is 19.1 Å². The number of rotatable bonds is 4. The second-order valence-corrected chi connectivity index (χ2v) is 6.10. The van der Waals surface area contributed by atoms with Crippen LogP contribution < -0.4 is 15.5 Å². The number of carbonyl (C=O) groups excluding carboxylic acids is 3. The molecule has 0 unspecified atom stereocenters. The molecule has 28 heavy (non-hydrogen) atoms. The first kappa shape index (κ1) is 19.4. The van der Waals surface area contributed by atoms with Gasteiger partial charge in [0.25, 0.3) is 0 Å². The van der Waals surface area contributed by atoms with Gasteiger partial charge in [-0.3, -0.25) is 9.59 Å². The summed E-state index contributed by atoms with van der Waals surface area (Å²) in [7, 11) is 1.27. The highest BCUT2D eigenvalue weighted by atomic mass is 16.5. The van der Waals surface area contributed by atoms with Crippen molar-refractivity contribution < 1.29 is 23.9 Å². The Morgan fingerprint density at radius 2 is 1.68 bits per heavy atom. The van der Waals surface area contributed by atoms with Crippen molar-refractivity contribution in [1.82, 2.24) is 0 Å². The number of amides is 2. The fourth-order valence-corrected chi connectivity index (χ4v) is 2.87. The largest absolute Gasteiger partial charge is 0.465 e. The zero-order chi connectivity index (χ0) is 19.9. The molecule has 1 heterocycles. The number of benzene rings is 2. The molecule has 0 aliphatic carbocycles. The van der Waals surface area contributed by atoms with E-state index in [-0.39, 0.29) is 5.56 Å². The summed E-state index contributed by atoms with van der Waals surface area (Å²) in [6.07, 6.45) is 0. The van der Waals surface area contributed by atoms with E-state index in [0.29, 0.717) is 37.7 Å². The van der Waals surface area contributed by atoms with Gasteiger partial charge < -0.3 is 25.0 Å². The summed E-state index contributed by atoms with van der Waals surface area (Å²) in [5.74, 6) is -2.16. The molecule has 2 aromatic rings. The molecule has 1 saturated heterocycles. The number of nitrogens with one attached hydrogen (secondary N) is 2. The van der Waals surface area contributed by atoms with E-state index in [1.54, 1.807) is 30.3 Å². The Bertz CT molecular complexity index is 878. The molecule has 2 amide bonds. The number of carbonyl (C=O) groups is 3. The fraction of sp³-hybridized carbons (Fsp3) is 0.250. The van der Waals surface area contributed by atoms with Crippen LogP contribution in [-0.4, -0.2) is 51.2 Å². The Kier molecular flexibility index (Phi) is 6.23. The molecule has 0 radical (unpaired) electrons. The first-order valence-electron chi connectivity index (χ1n) is 8.81. The van der Waals surface area contributed by atoms with Crippen LogP contribution in [0.15, 0.2) is 48.5 Å². The molecule has 2 aromatic carbocycles. The number of methoxy groups -OCH3 is 1. The highest BCUT2D eigenvalue weighted by molar-refractivity contribution is 6.44. The monoisotopic (exact) mass is 383 g/mol. The second kappa shape index (κ2) is 9.01. The van der Waals surface area contributed by atoms with Gasteiger partial charge in [-0.25, -0.2) is 4.79 Å². The summed E-state index contributed by atoms with van der Waals surface area (Å²) in [5, 5.41) is 5.14. The van der Waals surface area contributed by atoms with Crippen LogP contribution in [0, 0.1) is 0 Å². The topological polar surface area (TPSA) is 97.0 Å². The van der Waals surface area contributed by atoms with E-state index in [2.05, 4.69) is 20.3 Å². The van der Waals surface area contributed by atoms with Gasteiger partial charge in [-0.05, 0) is 30.3 Å². The Balaban J connectivity index is 1.68. The van der Waals surface area contributed by atoms with Crippen molar-refractivity contribution in [2.45, 2.75) is 0 Å². The predicted molar refractivity (Wildman–Crippen MR) is 105 cm³/mol. The van der Waals surface area contributed by atoms with Crippen LogP contribution in [0.3, 0.4) is 0 Å². The third-order valence-electron chi connectivity index (χ3n) is 4.25. The lowest BCUT2D eigenvalue weighted by Gasteiger charge is -2.30. The molecule has 0 spiro atoms. The van der Waals surface area contributed by atoms with E-state index in [9.17, 15) is 14.4 Å². The Morgan fingerprint density at radius 3 is 2.43 bits per heavy atom. The van der Waals surface area contributed by atoms with Crippen molar-refractivity contribution in [1.29, 1.82) is 0 Å². The minimum Gasteiger partial charge on any atom is -0.465 e. The number of hydrogen-bond donors (Lipinski definition) is 2. The van der Waals surface area contributed by atoms with Crippen molar-refractivity contribution in [2.24, 2.45) is 0 Å². The van der Waals surface area contributed by atoms with Crippen molar-refractivity contribution in [3.63, 3.8) is 0 Å². The molecule has 1 aliphatic heterocycles. The number of ether oxygens (including phenoxy) is 2. The van der Waals surface area contributed by atoms with Crippen LogP contribution in [0.25, 0.3) is 0 Å². The Hall–Kier alpha value is -3.39. The number of esters is 1. The van der Waals surface area contributed by atoms with Crippen LogP contribution in [0.2, 0.25) is 0 Å². The smallest absolute Gasteiger partial charge is 0.337 e. The van der Waals surface area contributed by atoms with Gasteiger partial charge >= 0.3 is 17.8 Å². The number of hydrogen-bond acceptors (Lipinski definition) is 6. The molecule has 0 aromatic heterocycles. The van der Waals surface area contributed by atoms with Gasteiger partial charge in [0.2, 0.25) is 0 Å². The Labute approximate surface area is 162 Å². The van der Waals surface area contributed by atoms with Crippen molar-refractivity contribution in [3.05, 3.63) is 54.1 Å². The first-order chi connectivity index (χ1) is 13.6. The van der Waals surface area contributed by atoms with Gasteiger partial charge in [-0.2, -0.15) is 0 Å². The molecule has 146 valence electrons. The van der Waals surface area contributed by atoms with Gasteiger partial charge in [0.05, 0.1) is 37.3 Å². The SMILES string of the molecule is COC(=O)c1cccc(NC(=O)C(=O)Nc2ccccc2N2CCOCC2)c1. The highest BCUT2D eigenvalue weighted by Crippen LogP contribution is 2.26. The van der Waals surface area contributed by atoms with E-state index < -0.39 is 17.8 Å². The van der Waals surface area contributed by atoms with Crippen molar-refractivity contribution >= 4 is 34.8 Å². The molecular formula is C20H21N3O5. The zero-order valence-electron chi connectivity index (χ0n) is 15.4. The number of para-hydroxylation sites is 2. The van der Waals surface area contributed by atoms with Gasteiger partial charge in [-0.1, -0.05) is 18.2 Å². The average molecular weight is 383 g/mol. The third kappa shape index (κ3) is 4.66. The predicted octanol–water partition coefficient (Wildman–Crippen LogP) is 1.89. The summed E-state index contributed by atoms with van der Waals surface area (Å²) < 4.78 is 10.0. The number of anilines is 3. The summed E-state index contributed by atoms with van der Waals surface area (Å²) in [6.45, 7) is 2.64. The summed E-state index contributed by atoms with van der Waals surface area (Å²) in [6, 6.07) is 13.5. The van der Waals surface area contributed by atoms with Crippen LogP contribution >= 0.6 is 0 Å². The molecule has 2 N–H and O–H groups in total. The average Bonchev–Trinajstić information content (AvgIpc) is 2.74. The van der Waals surface area contributed by atoms with Crippen LogP contribution in [0.1, 0.15) is 10.4 Å². The standard InChI is InChI=1S/C20H21N3O5/c1-27-20(26)14-5-4-6-15(13-14)21-18(24)19(25)22-16-7-2-3-8-17(16)23-9-11-28-12-10-23/h2-8,13H,9-12H2,1H3,(H,21,24)(H,22,25). The molecule has 0 atom stereocenters. The van der Waals surface area contributed by atoms with Crippen LogP contribution in [0.5, 0.6) is 0 Å². The van der Waals surface area contributed by atoms with Gasteiger partial charge in [0.15, 0.2) is 0 Å². The maximum Gasteiger partial charge on any atom is 0.337 e. The lowest BCUT2D eigenvalue weighted by atomic mass is 10.2. The normalized spacial score (nSPS) is 13.5. The highest BCUT2D eigenvalue weighted by Gasteiger charge is 2.19. The minimum atomic E-state index is -0.834. The lowest BCUT2D eigenvalue weighted by Crippen LogP contribution is -2.37. The number of morpholine rings is 1. The van der Waals surface area contributed by atoms with Gasteiger partial charge in [-0.15, -0.1) is 0 Å². The summed E-state index contributed by atoms with van der Waals surface area (Å²) >= 11 is 0. The van der Waals surface area contributed by atoms with Crippen LogP contribution in [0.4, 0.5) is 17.1 Å². The van der Waals surface area contributed by atoms with Gasteiger partial charge in [0.1, 0.15) is 0 Å². The molecule has 1 aliphatic rings. The van der Waals surface area contributed by atoms with E-state index in [1.807, 2.05) is 12.1 Å². The van der Waals surface area contributed by atoms with Crippen molar-refractivity contribution in [2.75, 3.05) is 48.9 Å². The summed E-state index contributed by atoms with van der Waals surface area (Å²) in [5.41, 5.74) is 1.98. The van der Waals surface area contributed by atoms with E-state index in [1.165, 1.54) is 13.2 Å². The quantitative estimate of drug-likeness (QED) is 0.618. The molecule has 0 saturated carbocycles. The summed E-state index contributed by atoms with van der Waals surface area (Å²) in [4.78, 5) is 38.3. The molecule has 1 fully saturated rings.